The molecule has 7 nitrogen and oxygen atoms in total. The summed E-state index contributed by atoms with van der Waals surface area (Å²) in [6.07, 6.45) is 7.63. The molecule has 0 saturated carbocycles. The van der Waals surface area contributed by atoms with Gasteiger partial charge in [0.15, 0.2) is 23.1 Å². The van der Waals surface area contributed by atoms with E-state index in [1.54, 1.807) is 12.1 Å². The number of halogens is 1. The van der Waals surface area contributed by atoms with Crippen molar-refractivity contribution in [2.45, 2.75) is 19.4 Å². The quantitative estimate of drug-likeness (QED) is 0.293. The minimum absolute atomic E-state index is 0.0120. The van der Waals surface area contributed by atoms with Crippen molar-refractivity contribution in [2.24, 2.45) is 23.7 Å². The highest BCUT2D eigenvalue weighted by Crippen LogP contribution is 2.53. The zero-order valence-corrected chi connectivity index (χ0v) is 23.3. The third kappa shape index (κ3) is 4.24. The molecule has 0 bridgehead atoms. The highest BCUT2D eigenvalue weighted by molar-refractivity contribution is 9.12. The van der Waals surface area contributed by atoms with Crippen LogP contribution in [0.5, 0.6) is 11.5 Å². The zero-order valence-electron chi connectivity index (χ0n) is 20.9. The first-order valence-corrected chi connectivity index (χ1v) is 14.3. The summed E-state index contributed by atoms with van der Waals surface area (Å²) >= 11 is 4.74. The van der Waals surface area contributed by atoms with Gasteiger partial charge in [-0.25, -0.2) is 0 Å². The molecule has 4 aliphatic rings. The molecule has 2 heterocycles. The molecule has 39 heavy (non-hydrogen) atoms. The van der Waals surface area contributed by atoms with Crippen molar-refractivity contribution in [1.29, 1.82) is 0 Å². The Balaban J connectivity index is 1.40. The monoisotopic (exact) mass is 605 g/mol. The average molecular weight is 606 g/mol. The van der Waals surface area contributed by atoms with E-state index in [4.69, 9.17) is 4.74 Å². The molecule has 4 unspecified atom stereocenters. The Morgan fingerprint density at radius 3 is 2.72 bits per heavy atom. The lowest BCUT2D eigenvalue weighted by Gasteiger charge is -2.41. The molecule has 2 amide bonds. The van der Waals surface area contributed by atoms with Gasteiger partial charge in [0, 0.05) is 28.0 Å². The number of nitrogens with zero attached hydrogens (tertiary/aromatic N) is 1. The van der Waals surface area contributed by atoms with E-state index in [0.717, 1.165) is 16.0 Å². The van der Waals surface area contributed by atoms with Crippen LogP contribution in [0.25, 0.3) is 6.08 Å². The number of methoxy groups -OCH3 is 1. The SMILES string of the molecule is COc1cc(C=CC2C3=CCC4C(=O)N(Cc5cccs5)C(=O)C4C3CC3=C2C(=O)C=C(Br)C3=O)ccc1O. The summed E-state index contributed by atoms with van der Waals surface area (Å²) in [5.74, 6) is -2.53. The molecule has 1 fully saturated rings. The molecule has 198 valence electrons. The number of phenols is 1. The second-order valence-electron chi connectivity index (χ2n) is 10.1. The van der Waals surface area contributed by atoms with Crippen LogP contribution in [0.3, 0.4) is 0 Å². The molecular formula is C30H24BrNO6S. The van der Waals surface area contributed by atoms with Crippen LogP contribution in [0.4, 0.5) is 0 Å². The molecule has 1 N–H and O–H groups in total. The van der Waals surface area contributed by atoms with E-state index in [1.807, 2.05) is 35.7 Å². The van der Waals surface area contributed by atoms with Crippen molar-refractivity contribution in [1.82, 2.24) is 4.90 Å². The Hall–Kier alpha value is -3.56. The van der Waals surface area contributed by atoms with Crippen LogP contribution in [0, 0.1) is 23.7 Å². The van der Waals surface area contributed by atoms with Crippen molar-refractivity contribution in [3.63, 3.8) is 0 Å². The minimum Gasteiger partial charge on any atom is -0.504 e. The number of likely N-dealkylation sites (tertiary alicyclic amines) is 1. The van der Waals surface area contributed by atoms with E-state index in [-0.39, 0.29) is 52.5 Å². The smallest absolute Gasteiger partial charge is 0.234 e. The van der Waals surface area contributed by atoms with Crippen LogP contribution in [-0.2, 0) is 25.7 Å². The van der Waals surface area contributed by atoms with Crippen LogP contribution < -0.4 is 4.74 Å². The summed E-state index contributed by atoms with van der Waals surface area (Å²) in [5.41, 5.74) is 2.44. The maximum Gasteiger partial charge on any atom is 0.234 e. The first-order valence-electron chi connectivity index (χ1n) is 12.6. The standard InChI is InChI=1S/C30H24BrNO6S/c1-38-25-11-15(5-9-23(25)33)4-6-18-17-7-8-19-27(30(37)32(29(19)36)14-16-3-2-10-39-16)20(17)12-21-26(18)24(34)13-22(31)28(21)35/h2-7,9-11,13,18-20,27,33H,8,12,14H2,1H3. The number of phenolic OH excluding ortho intramolecular Hbond substituents is 1. The average Bonchev–Trinajstić information content (AvgIpc) is 3.53. The number of Topliss-reactive ketones (excluding diaryl/α,β-unsaturated/α-hetero) is 1. The van der Waals surface area contributed by atoms with E-state index in [0.29, 0.717) is 23.3 Å². The molecule has 3 aliphatic carbocycles. The van der Waals surface area contributed by atoms with Gasteiger partial charge < -0.3 is 9.84 Å². The summed E-state index contributed by atoms with van der Waals surface area (Å²) in [6, 6.07) is 8.73. The number of rotatable bonds is 5. The number of aromatic hydroxyl groups is 1. The fraction of sp³-hybridized carbons (Fsp3) is 0.267. The third-order valence-corrected chi connectivity index (χ3v) is 9.50. The number of carbonyl (C=O) groups is 4. The number of hydrogen-bond donors (Lipinski definition) is 1. The summed E-state index contributed by atoms with van der Waals surface area (Å²) < 4.78 is 5.42. The predicted molar refractivity (Wildman–Crippen MR) is 149 cm³/mol. The lowest BCUT2D eigenvalue weighted by molar-refractivity contribution is -0.140. The summed E-state index contributed by atoms with van der Waals surface area (Å²) in [5, 5.41) is 11.9. The van der Waals surface area contributed by atoms with Gasteiger partial charge in [-0.1, -0.05) is 35.9 Å². The molecule has 0 spiro atoms. The number of amides is 2. The molecule has 2 aromatic rings. The lowest BCUT2D eigenvalue weighted by atomic mass is 9.61. The van der Waals surface area contributed by atoms with Crippen molar-refractivity contribution in [3.05, 3.63) is 85.6 Å². The molecule has 1 aromatic heterocycles. The Kier molecular flexibility index (Phi) is 6.51. The summed E-state index contributed by atoms with van der Waals surface area (Å²) in [6.45, 7) is 0.246. The largest absolute Gasteiger partial charge is 0.504 e. The first-order chi connectivity index (χ1) is 18.8. The highest BCUT2D eigenvalue weighted by Gasteiger charge is 2.55. The number of fused-ring (bicyclic) bond motifs is 3. The van der Waals surface area contributed by atoms with Gasteiger partial charge >= 0.3 is 0 Å². The molecule has 1 aliphatic heterocycles. The van der Waals surface area contributed by atoms with E-state index in [1.165, 1.54) is 35.5 Å². The topological polar surface area (TPSA) is 101 Å². The fourth-order valence-electron chi connectivity index (χ4n) is 6.27. The number of allylic oxidation sites excluding steroid dienone is 7. The molecule has 1 saturated heterocycles. The van der Waals surface area contributed by atoms with Gasteiger partial charge in [-0.3, -0.25) is 24.1 Å². The van der Waals surface area contributed by atoms with Crippen LogP contribution in [-0.4, -0.2) is 40.5 Å². The van der Waals surface area contributed by atoms with Crippen molar-refractivity contribution in [2.75, 3.05) is 7.11 Å². The number of thiophene rings is 1. The van der Waals surface area contributed by atoms with Crippen molar-refractivity contribution >= 4 is 56.7 Å². The number of carbonyl (C=O) groups excluding carboxylic acids is 4. The van der Waals surface area contributed by atoms with Gasteiger partial charge in [-0.15, -0.1) is 11.3 Å². The van der Waals surface area contributed by atoms with Gasteiger partial charge in [0.25, 0.3) is 0 Å². The number of benzene rings is 1. The second kappa shape index (κ2) is 9.88. The number of ketones is 2. The van der Waals surface area contributed by atoms with Crippen LogP contribution in [0.15, 0.2) is 75.1 Å². The Labute approximate surface area is 237 Å². The Morgan fingerprint density at radius 1 is 1.15 bits per heavy atom. The van der Waals surface area contributed by atoms with Gasteiger partial charge in [-0.05, 0) is 63.8 Å². The van der Waals surface area contributed by atoms with Crippen LogP contribution in [0.2, 0.25) is 0 Å². The number of hydrogen-bond acceptors (Lipinski definition) is 7. The van der Waals surface area contributed by atoms with E-state index in [9.17, 15) is 24.3 Å². The fourth-order valence-corrected chi connectivity index (χ4v) is 7.41. The number of imide groups is 1. The van der Waals surface area contributed by atoms with Crippen molar-refractivity contribution < 1.29 is 29.0 Å². The van der Waals surface area contributed by atoms with E-state index in [2.05, 4.69) is 15.9 Å². The van der Waals surface area contributed by atoms with Crippen LogP contribution >= 0.6 is 27.3 Å². The Bertz CT molecular complexity index is 1550. The predicted octanol–water partition coefficient (Wildman–Crippen LogP) is 4.97. The van der Waals surface area contributed by atoms with Gasteiger partial charge in [0.2, 0.25) is 11.8 Å². The second-order valence-corrected chi connectivity index (χ2v) is 12.0. The van der Waals surface area contributed by atoms with Crippen LogP contribution in [0.1, 0.15) is 23.3 Å². The molecule has 0 radical (unpaired) electrons. The normalized spacial score (nSPS) is 26.5. The lowest BCUT2D eigenvalue weighted by Crippen LogP contribution is -2.39. The maximum atomic E-state index is 13.7. The molecule has 6 rings (SSSR count). The molecule has 9 heteroatoms. The van der Waals surface area contributed by atoms with Crippen molar-refractivity contribution in [3.8, 4) is 11.5 Å². The maximum absolute atomic E-state index is 13.7. The van der Waals surface area contributed by atoms with Gasteiger partial charge in [0.1, 0.15) is 0 Å². The Morgan fingerprint density at radius 2 is 1.97 bits per heavy atom. The minimum atomic E-state index is -0.580. The number of ether oxygens (including phenoxy) is 1. The molecule has 4 atom stereocenters. The summed E-state index contributed by atoms with van der Waals surface area (Å²) in [4.78, 5) is 55.9. The summed E-state index contributed by atoms with van der Waals surface area (Å²) in [7, 11) is 1.47. The van der Waals surface area contributed by atoms with Gasteiger partial charge in [0.05, 0.1) is 30.0 Å². The van der Waals surface area contributed by atoms with E-state index >= 15 is 0 Å². The first kappa shape index (κ1) is 25.7. The third-order valence-electron chi connectivity index (χ3n) is 8.05. The molecule has 1 aromatic carbocycles. The zero-order chi connectivity index (χ0) is 27.4. The van der Waals surface area contributed by atoms with Gasteiger partial charge in [-0.2, -0.15) is 0 Å². The van der Waals surface area contributed by atoms with E-state index < -0.39 is 17.8 Å². The molecular weight excluding hydrogens is 582 g/mol. The highest BCUT2D eigenvalue weighted by atomic mass is 79.9.